The summed E-state index contributed by atoms with van der Waals surface area (Å²) in [4.78, 5) is 10.8. The molecular formula is C15H19FN4. The second-order valence-electron chi connectivity index (χ2n) is 4.39. The van der Waals surface area contributed by atoms with Gasteiger partial charge in [0, 0.05) is 25.8 Å². The summed E-state index contributed by atoms with van der Waals surface area (Å²) in [5.41, 5.74) is 1.01. The van der Waals surface area contributed by atoms with Gasteiger partial charge in [0.1, 0.15) is 11.6 Å². The van der Waals surface area contributed by atoms with E-state index in [1.807, 2.05) is 6.07 Å². The molecule has 0 aliphatic carbocycles. The molecule has 1 heterocycles. The van der Waals surface area contributed by atoms with E-state index in [-0.39, 0.29) is 5.82 Å². The van der Waals surface area contributed by atoms with Crippen molar-refractivity contribution >= 4 is 11.8 Å². The highest BCUT2D eigenvalue weighted by Crippen LogP contribution is 2.12. The molecule has 0 saturated carbocycles. The first kappa shape index (κ1) is 14.2. The summed E-state index contributed by atoms with van der Waals surface area (Å²) >= 11 is 0. The Kier molecular flexibility index (Phi) is 4.87. The number of nitrogens with one attached hydrogen (secondary N) is 1. The van der Waals surface area contributed by atoms with E-state index in [0.29, 0.717) is 6.54 Å². The highest BCUT2D eigenvalue weighted by molar-refractivity contribution is 5.41. The molecule has 1 aromatic carbocycles. The summed E-state index contributed by atoms with van der Waals surface area (Å²) in [5, 5.41) is 3.22. The first-order valence-electron chi connectivity index (χ1n) is 6.79. The molecule has 5 heteroatoms. The second kappa shape index (κ2) is 6.84. The molecule has 2 aromatic rings. The number of aromatic nitrogens is 2. The smallest absolute Gasteiger partial charge is 0.227 e. The molecule has 20 heavy (non-hydrogen) atoms. The highest BCUT2D eigenvalue weighted by Gasteiger charge is 2.05. The van der Waals surface area contributed by atoms with Crippen LogP contribution in [0.5, 0.6) is 0 Å². The van der Waals surface area contributed by atoms with Gasteiger partial charge in [-0.3, -0.25) is 0 Å². The molecule has 0 spiro atoms. The molecule has 0 aliphatic heterocycles. The predicted octanol–water partition coefficient (Wildman–Crippen LogP) is 3.07. The van der Waals surface area contributed by atoms with Crippen molar-refractivity contribution in [3.8, 4) is 0 Å². The standard InChI is InChI=1S/C15H19FN4/c1-3-20(4-2)15-17-10-9-14(19-15)18-11-12-5-7-13(16)8-6-12/h5-10H,3-4,11H2,1-2H3,(H,17,18,19). The van der Waals surface area contributed by atoms with Crippen molar-refractivity contribution in [2.45, 2.75) is 20.4 Å². The molecule has 0 fully saturated rings. The molecule has 0 bridgehead atoms. The van der Waals surface area contributed by atoms with Crippen LogP contribution in [0.4, 0.5) is 16.2 Å². The third-order valence-corrected chi connectivity index (χ3v) is 3.08. The fourth-order valence-corrected chi connectivity index (χ4v) is 1.90. The molecule has 0 saturated heterocycles. The summed E-state index contributed by atoms with van der Waals surface area (Å²) in [6, 6.07) is 8.26. The van der Waals surface area contributed by atoms with Gasteiger partial charge in [-0.25, -0.2) is 9.37 Å². The van der Waals surface area contributed by atoms with Gasteiger partial charge in [-0.15, -0.1) is 0 Å². The molecule has 106 valence electrons. The van der Waals surface area contributed by atoms with Crippen LogP contribution >= 0.6 is 0 Å². The van der Waals surface area contributed by atoms with Gasteiger partial charge in [-0.2, -0.15) is 4.98 Å². The van der Waals surface area contributed by atoms with Gasteiger partial charge in [-0.1, -0.05) is 12.1 Å². The minimum Gasteiger partial charge on any atom is -0.366 e. The fourth-order valence-electron chi connectivity index (χ4n) is 1.90. The summed E-state index contributed by atoms with van der Waals surface area (Å²) < 4.78 is 12.8. The van der Waals surface area contributed by atoms with Crippen LogP contribution in [0.1, 0.15) is 19.4 Å². The zero-order chi connectivity index (χ0) is 14.4. The Hall–Kier alpha value is -2.17. The number of hydrogen-bond acceptors (Lipinski definition) is 4. The monoisotopic (exact) mass is 274 g/mol. The first-order valence-corrected chi connectivity index (χ1v) is 6.79. The third kappa shape index (κ3) is 3.66. The first-order chi connectivity index (χ1) is 9.72. The van der Waals surface area contributed by atoms with E-state index in [1.54, 1.807) is 18.3 Å². The average molecular weight is 274 g/mol. The van der Waals surface area contributed by atoms with Crippen molar-refractivity contribution in [1.82, 2.24) is 9.97 Å². The molecule has 0 amide bonds. The van der Waals surface area contributed by atoms with E-state index in [2.05, 4.69) is 34.0 Å². The lowest BCUT2D eigenvalue weighted by atomic mass is 10.2. The van der Waals surface area contributed by atoms with Crippen LogP contribution in [-0.2, 0) is 6.54 Å². The topological polar surface area (TPSA) is 41.1 Å². The summed E-state index contributed by atoms with van der Waals surface area (Å²) in [6.45, 7) is 6.50. The van der Waals surface area contributed by atoms with Crippen molar-refractivity contribution in [3.05, 3.63) is 47.9 Å². The van der Waals surface area contributed by atoms with Gasteiger partial charge >= 0.3 is 0 Å². The maximum atomic E-state index is 12.8. The Morgan fingerprint density at radius 2 is 1.80 bits per heavy atom. The van der Waals surface area contributed by atoms with E-state index in [1.165, 1.54) is 12.1 Å². The molecule has 1 N–H and O–H groups in total. The van der Waals surface area contributed by atoms with Crippen LogP contribution in [0.15, 0.2) is 36.5 Å². The maximum Gasteiger partial charge on any atom is 0.227 e. The lowest BCUT2D eigenvalue weighted by molar-refractivity contribution is 0.627. The lowest BCUT2D eigenvalue weighted by Crippen LogP contribution is -2.24. The SMILES string of the molecule is CCN(CC)c1nccc(NCc2ccc(F)cc2)n1. The van der Waals surface area contributed by atoms with Crippen LogP contribution in [0, 0.1) is 5.82 Å². The average Bonchev–Trinajstić information content (AvgIpc) is 2.48. The molecule has 0 aliphatic rings. The van der Waals surface area contributed by atoms with E-state index in [0.717, 1.165) is 30.4 Å². The molecule has 2 rings (SSSR count). The molecular weight excluding hydrogens is 255 g/mol. The van der Waals surface area contributed by atoms with E-state index >= 15 is 0 Å². The largest absolute Gasteiger partial charge is 0.366 e. The Morgan fingerprint density at radius 1 is 1.10 bits per heavy atom. The number of benzene rings is 1. The minimum atomic E-state index is -0.223. The van der Waals surface area contributed by atoms with Crippen LogP contribution < -0.4 is 10.2 Å². The highest BCUT2D eigenvalue weighted by atomic mass is 19.1. The molecule has 4 nitrogen and oxygen atoms in total. The molecule has 0 unspecified atom stereocenters. The number of halogens is 1. The molecule has 1 aromatic heterocycles. The Morgan fingerprint density at radius 3 is 2.45 bits per heavy atom. The van der Waals surface area contributed by atoms with Crippen LogP contribution in [0.25, 0.3) is 0 Å². The number of hydrogen-bond donors (Lipinski definition) is 1. The van der Waals surface area contributed by atoms with Crippen molar-refractivity contribution in [3.63, 3.8) is 0 Å². The van der Waals surface area contributed by atoms with Gasteiger partial charge in [0.05, 0.1) is 0 Å². The summed E-state index contributed by atoms with van der Waals surface area (Å²) in [7, 11) is 0. The quantitative estimate of drug-likeness (QED) is 0.879. The van der Waals surface area contributed by atoms with E-state index in [9.17, 15) is 4.39 Å². The summed E-state index contributed by atoms with van der Waals surface area (Å²) in [5.74, 6) is 1.27. The molecule has 0 atom stereocenters. The zero-order valence-electron chi connectivity index (χ0n) is 11.8. The summed E-state index contributed by atoms with van der Waals surface area (Å²) in [6.07, 6.45) is 1.74. The van der Waals surface area contributed by atoms with Crippen molar-refractivity contribution in [2.24, 2.45) is 0 Å². The van der Waals surface area contributed by atoms with Crippen molar-refractivity contribution < 1.29 is 4.39 Å². The maximum absolute atomic E-state index is 12.8. The number of nitrogens with zero attached hydrogens (tertiary/aromatic N) is 3. The van der Waals surface area contributed by atoms with Gasteiger partial charge in [0.2, 0.25) is 5.95 Å². The third-order valence-electron chi connectivity index (χ3n) is 3.08. The Labute approximate surface area is 118 Å². The number of anilines is 2. The molecule has 0 radical (unpaired) electrons. The van der Waals surface area contributed by atoms with Crippen molar-refractivity contribution in [2.75, 3.05) is 23.3 Å². The van der Waals surface area contributed by atoms with Crippen LogP contribution in [0.3, 0.4) is 0 Å². The van der Waals surface area contributed by atoms with Crippen LogP contribution in [0.2, 0.25) is 0 Å². The Bertz CT molecular complexity index is 538. The normalized spacial score (nSPS) is 10.3. The van der Waals surface area contributed by atoms with Gasteiger partial charge < -0.3 is 10.2 Å². The predicted molar refractivity (Wildman–Crippen MR) is 79.3 cm³/mol. The van der Waals surface area contributed by atoms with Crippen LogP contribution in [-0.4, -0.2) is 23.1 Å². The Balaban J connectivity index is 2.02. The minimum absolute atomic E-state index is 0.223. The fraction of sp³-hybridized carbons (Fsp3) is 0.333. The van der Waals surface area contributed by atoms with Crippen molar-refractivity contribution in [1.29, 1.82) is 0 Å². The number of rotatable bonds is 6. The van der Waals surface area contributed by atoms with E-state index < -0.39 is 0 Å². The van der Waals surface area contributed by atoms with Gasteiger partial charge in [0.15, 0.2) is 0 Å². The lowest BCUT2D eigenvalue weighted by Gasteiger charge is -2.18. The van der Waals surface area contributed by atoms with E-state index in [4.69, 9.17) is 0 Å². The zero-order valence-corrected chi connectivity index (χ0v) is 11.8. The van der Waals surface area contributed by atoms with Gasteiger partial charge in [-0.05, 0) is 37.6 Å². The van der Waals surface area contributed by atoms with Gasteiger partial charge in [0.25, 0.3) is 0 Å². The second-order valence-corrected chi connectivity index (χ2v) is 4.39.